The van der Waals surface area contributed by atoms with E-state index in [-0.39, 0.29) is 5.97 Å². The van der Waals surface area contributed by atoms with E-state index >= 15 is 0 Å². The molecule has 0 N–H and O–H groups in total. The lowest BCUT2D eigenvalue weighted by molar-refractivity contribution is 0.0497. The number of rotatable bonds is 8. The first-order chi connectivity index (χ1) is 8.34. The molecule has 0 aliphatic carbocycles. The first-order valence-electron chi connectivity index (χ1n) is 6.36. The Morgan fingerprint density at radius 1 is 1.00 bits per heavy atom. The summed E-state index contributed by atoms with van der Waals surface area (Å²) in [5.41, 5.74) is 0.629. The smallest absolute Gasteiger partial charge is 0.338 e. The predicted molar refractivity (Wildman–Crippen MR) is 69.8 cm³/mol. The van der Waals surface area contributed by atoms with Gasteiger partial charge >= 0.3 is 5.97 Å². The lowest BCUT2D eigenvalue weighted by Crippen LogP contribution is -2.06. The Balaban J connectivity index is 2.05. The normalized spacial score (nSPS) is 10.2. The zero-order valence-electron chi connectivity index (χ0n) is 10.4. The van der Waals surface area contributed by atoms with E-state index in [1.807, 2.05) is 18.2 Å². The van der Waals surface area contributed by atoms with E-state index in [0.29, 0.717) is 12.2 Å². The first-order valence-corrected chi connectivity index (χ1v) is 6.36. The van der Waals surface area contributed by atoms with Gasteiger partial charge in [-0.25, -0.2) is 4.79 Å². The summed E-state index contributed by atoms with van der Waals surface area (Å²) >= 11 is 0. The van der Waals surface area contributed by atoms with Crippen LogP contribution in [0.3, 0.4) is 0 Å². The molecule has 0 unspecified atom stereocenters. The van der Waals surface area contributed by atoms with E-state index in [1.165, 1.54) is 19.3 Å². The van der Waals surface area contributed by atoms with Crippen LogP contribution in [0.5, 0.6) is 0 Å². The van der Waals surface area contributed by atoms with Gasteiger partial charge in [0.1, 0.15) is 0 Å². The highest BCUT2D eigenvalue weighted by Crippen LogP contribution is 2.06. The topological polar surface area (TPSA) is 26.3 Å². The molecule has 1 rings (SSSR count). The molecule has 0 bridgehead atoms. The zero-order chi connectivity index (χ0) is 12.3. The molecule has 1 aromatic rings. The summed E-state index contributed by atoms with van der Waals surface area (Å²) in [6.07, 6.45) is 6.74. The van der Waals surface area contributed by atoms with Crippen molar-refractivity contribution in [1.29, 1.82) is 0 Å². The molecule has 2 nitrogen and oxygen atoms in total. The van der Waals surface area contributed by atoms with Gasteiger partial charge in [0.15, 0.2) is 0 Å². The molecule has 1 radical (unpaired) electrons. The summed E-state index contributed by atoms with van der Waals surface area (Å²) in [7, 11) is 0. The van der Waals surface area contributed by atoms with E-state index in [0.717, 1.165) is 19.3 Å². The zero-order valence-corrected chi connectivity index (χ0v) is 10.4. The highest BCUT2D eigenvalue weighted by molar-refractivity contribution is 5.89. The molecule has 0 fully saturated rings. The van der Waals surface area contributed by atoms with Gasteiger partial charge in [-0.05, 0) is 18.6 Å². The van der Waals surface area contributed by atoms with Gasteiger partial charge in [-0.2, -0.15) is 0 Å². The fourth-order valence-corrected chi connectivity index (χ4v) is 1.63. The fourth-order valence-electron chi connectivity index (χ4n) is 1.63. The Morgan fingerprint density at radius 3 is 2.35 bits per heavy atom. The van der Waals surface area contributed by atoms with Crippen molar-refractivity contribution in [3.05, 3.63) is 42.8 Å². The molecule has 0 spiro atoms. The van der Waals surface area contributed by atoms with Gasteiger partial charge in [-0.15, -0.1) is 0 Å². The molecular weight excluding hydrogens is 212 g/mol. The molecule has 0 aliphatic rings. The minimum absolute atomic E-state index is 0.219. The average Bonchev–Trinajstić information content (AvgIpc) is 2.38. The van der Waals surface area contributed by atoms with Crippen LogP contribution in [-0.4, -0.2) is 12.6 Å². The standard InChI is InChI=1S/C15H21O2/c1-2-3-4-5-6-10-13-17-15(16)14-11-8-7-9-12-14/h7-9,11-12H,1-6,10,13H2. The number of unbranched alkanes of at least 4 members (excludes halogenated alkanes) is 5. The maximum atomic E-state index is 11.5. The largest absolute Gasteiger partial charge is 0.462 e. The van der Waals surface area contributed by atoms with Crippen molar-refractivity contribution in [2.45, 2.75) is 38.5 Å². The molecule has 0 aliphatic heterocycles. The van der Waals surface area contributed by atoms with Gasteiger partial charge in [-0.3, -0.25) is 0 Å². The van der Waals surface area contributed by atoms with Crippen molar-refractivity contribution < 1.29 is 9.53 Å². The lowest BCUT2D eigenvalue weighted by Gasteiger charge is -2.04. The Labute approximate surface area is 104 Å². The maximum absolute atomic E-state index is 11.5. The Hall–Kier alpha value is -1.31. The van der Waals surface area contributed by atoms with Crippen LogP contribution >= 0.6 is 0 Å². The second kappa shape index (κ2) is 8.80. The summed E-state index contributed by atoms with van der Waals surface area (Å²) < 4.78 is 5.18. The van der Waals surface area contributed by atoms with E-state index in [9.17, 15) is 4.79 Å². The van der Waals surface area contributed by atoms with Crippen LogP contribution in [0.15, 0.2) is 30.3 Å². The van der Waals surface area contributed by atoms with Crippen LogP contribution in [0, 0.1) is 6.92 Å². The second-order valence-electron chi connectivity index (χ2n) is 4.12. The minimum Gasteiger partial charge on any atom is -0.462 e. The summed E-state index contributed by atoms with van der Waals surface area (Å²) in [4.78, 5) is 11.5. The molecule has 0 atom stereocenters. The summed E-state index contributed by atoms with van der Waals surface area (Å²) in [5, 5.41) is 0. The van der Waals surface area contributed by atoms with Crippen LogP contribution in [0.1, 0.15) is 48.9 Å². The van der Waals surface area contributed by atoms with E-state index in [2.05, 4.69) is 6.92 Å². The number of carbonyl (C=O) groups excluding carboxylic acids is 1. The predicted octanol–water partition coefficient (Wildman–Crippen LogP) is 4.02. The monoisotopic (exact) mass is 233 g/mol. The molecule has 93 valence electrons. The van der Waals surface area contributed by atoms with Crippen molar-refractivity contribution in [3.8, 4) is 0 Å². The van der Waals surface area contributed by atoms with Gasteiger partial charge in [0, 0.05) is 0 Å². The van der Waals surface area contributed by atoms with E-state index in [4.69, 9.17) is 4.74 Å². The SMILES string of the molecule is [CH2]CCCCCCCOC(=O)c1ccccc1. The van der Waals surface area contributed by atoms with Crippen molar-refractivity contribution in [2.24, 2.45) is 0 Å². The van der Waals surface area contributed by atoms with Gasteiger partial charge in [0.25, 0.3) is 0 Å². The molecule has 0 amide bonds. The molecule has 0 saturated heterocycles. The van der Waals surface area contributed by atoms with Crippen LogP contribution < -0.4 is 0 Å². The third-order valence-electron chi connectivity index (χ3n) is 2.64. The van der Waals surface area contributed by atoms with Crippen molar-refractivity contribution in [3.63, 3.8) is 0 Å². The quantitative estimate of drug-likeness (QED) is 0.501. The summed E-state index contributed by atoms with van der Waals surface area (Å²) in [5.74, 6) is -0.219. The van der Waals surface area contributed by atoms with Crippen LogP contribution in [0.25, 0.3) is 0 Å². The third-order valence-corrected chi connectivity index (χ3v) is 2.64. The summed E-state index contributed by atoms with van der Waals surface area (Å²) in [6.45, 7) is 4.33. The number of benzene rings is 1. The number of carbonyl (C=O) groups is 1. The molecule has 2 heteroatoms. The Bertz CT molecular complexity index is 306. The molecule has 1 aromatic carbocycles. The van der Waals surface area contributed by atoms with Crippen LogP contribution in [0.2, 0.25) is 0 Å². The highest BCUT2D eigenvalue weighted by atomic mass is 16.5. The number of esters is 1. The molecule has 0 saturated carbocycles. The van der Waals surface area contributed by atoms with Gasteiger partial charge < -0.3 is 4.74 Å². The highest BCUT2D eigenvalue weighted by Gasteiger charge is 2.04. The number of ether oxygens (including phenoxy) is 1. The Morgan fingerprint density at radius 2 is 1.65 bits per heavy atom. The molecule has 17 heavy (non-hydrogen) atoms. The molecular formula is C15H21O2. The number of hydrogen-bond donors (Lipinski definition) is 0. The first kappa shape index (κ1) is 13.8. The minimum atomic E-state index is -0.219. The molecule has 0 aromatic heterocycles. The average molecular weight is 233 g/mol. The lowest BCUT2D eigenvalue weighted by atomic mass is 10.1. The van der Waals surface area contributed by atoms with Gasteiger partial charge in [0.05, 0.1) is 12.2 Å². The van der Waals surface area contributed by atoms with E-state index in [1.54, 1.807) is 12.1 Å². The third kappa shape index (κ3) is 6.10. The van der Waals surface area contributed by atoms with Gasteiger partial charge in [-0.1, -0.05) is 57.2 Å². The Kier molecular flexibility index (Phi) is 7.12. The van der Waals surface area contributed by atoms with Crippen molar-refractivity contribution in [1.82, 2.24) is 0 Å². The number of hydrogen-bond acceptors (Lipinski definition) is 2. The second-order valence-corrected chi connectivity index (χ2v) is 4.12. The fraction of sp³-hybridized carbons (Fsp3) is 0.467. The van der Waals surface area contributed by atoms with Crippen molar-refractivity contribution in [2.75, 3.05) is 6.61 Å². The maximum Gasteiger partial charge on any atom is 0.338 e. The summed E-state index contributed by atoms with van der Waals surface area (Å²) in [6, 6.07) is 9.12. The van der Waals surface area contributed by atoms with Crippen LogP contribution in [-0.2, 0) is 4.74 Å². The van der Waals surface area contributed by atoms with Gasteiger partial charge in [0.2, 0.25) is 0 Å². The molecule has 0 heterocycles. The van der Waals surface area contributed by atoms with Crippen LogP contribution in [0.4, 0.5) is 0 Å². The van der Waals surface area contributed by atoms with Crippen molar-refractivity contribution >= 4 is 5.97 Å². The van der Waals surface area contributed by atoms with E-state index < -0.39 is 0 Å².